The maximum absolute atomic E-state index is 11.5. The first-order valence-electron chi connectivity index (χ1n) is 11.5. The fourth-order valence-electron chi connectivity index (χ4n) is 4.01. The van der Waals surface area contributed by atoms with Crippen LogP contribution < -0.4 is 0 Å². The minimum Gasteiger partial charge on any atom is -0.508 e. The zero-order chi connectivity index (χ0) is 24.4. The van der Waals surface area contributed by atoms with Crippen LogP contribution in [0.1, 0.15) is 59.4 Å². The van der Waals surface area contributed by atoms with Gasteiger partial charge in [0.1, 0.15) is 5.75 Å². The molecule has 1 aromatic carbocycles. The number of phenols is 1. The Kier molecular flexibility index (Phi) is 9.65. The number of hydrogen-bond acceptors (Lipinski definition) is 3. The lowest BCUT2D eigenvalue weighted by molar-refractivity contribution is -0.138. The Hall–Kier alpha value is -3.14. The van der Waals surface area contributed by atoms with Crippen LogP contribution in [0.15, 0.2) is 88.0 Å². The highest BCUT2D eigenvalue weighted by atomic mass is 16.4. The molecule has 0 aliphatic heterocycles. The Morgan fingerprint density at radius 3 is 2.42 bits per heavy atom. The Morgan fingerprint density at radius 1 is 1.12 bits per heavy atom. The molecule has 0 amide bonds. The minimum atomic E-state index is -0.974. The summed E-state index contributed by atoms with van der Waals surface area (Å²) in [5, 5.41) is 18.8. The molecule has 0 saturated heterocycles. The normalized spacial score (nSPS) is 18.6. The van der Waals surface area contributed by atoms with E-state index in [0.29, 0.717) is 0 Å². The van der Waals surface area contributed by atoms with Crippen molar-refractivity contribution in [3.63, 3.8) is 0 Å². The maximum Gasteiger partial charge on any atom is 0.328 e. The third kappa shape index (κ3) is 8.72. The second kappa shape index (κ2) is 12.2. The van der Waals surface area contributed by atoms with Gasteiger partial charge in [-0.1, -0.05) is 67.5 Å². The number of aromatic hydroxyl groups is 1. The van der Waals surface area contributed by atoms with Gasteiger partial charge in [0.2, 0.25) is 0 Å². The van der Waals surface area contributed by atoms with Gasteiger partial charge < -0.3 is 10.2 Å². The van der Waals surface area contributed by atoms with Gasteiger partial charge in [-0.25, -0.2) is 4.79 Å². The predicted molar refractivity (Wildman–Crippen MR) is 138 cm³/mol. The molecule has 176 valence electrons. The van der Waals surface area contributed by atoms with Crippen molar-refractivity contribution in [3.8, 4) is 5.75 Å². The molecular weight excluding hydrogens is 410 g/mol. The lowest BCUT2D eigenvalue weighted by atomic mass is 9.72. The SMILES string of the molecule is CC1=C(/C=C/C(C)=C/C=C/C(C)=C/C=NC(Cc2ccc(O)cc2)C(=O)O)C(C)(C)CCC1. The van der Waals surface area contributed by atoms with Crippen molar-refractivity contribution >= 4 is 12.2 Å². The molecule has 0 bridgehead atoms. The second-order valence-corrected chi connectivity index (χ2v) is 9.47. The average molecular weight is 448 g/mol. The van der Waals surface area contributed by atoms with E-state index >= 15 is 0 Å². The molecule has 0 heterocycles. The molecule has 0 spiro atoms. The first kappa shape index (κ1) is 26.1. The van der Waals surface area contributed by atoms with Crippen molar-refractivity contribution in [1.82, 2.24) is 0 Å². The molecule has 33 heavy (non-hydrogen) atoms. The van der Waals surface area contributed by atoms with Gasteiger partial charge in [-0.2, -0.15) is 0 Å². The fraction of sp³-hybridized carbons (Fsp3) is 0.379. The molecule has 0 radical (unpaired) electrons. The van der Waals surface area contributed by atoms with Crippen LogP contribution in [0.3, 0.4) is 0 Å². The van der Waals surface area contributed by atoms with Gasteiger partial charge in [0.05, 0.1) is 0 Å². The van der Waals surface area contributed by atoms with E-state index in [1.54, 1.807) is 36.6 Å². The molecule has 0 saturated carbocycles. The molecule has 1 aliphatic carbocycles. The van der Waals surface area contributed by atoms with Crippen molar-refractivity contribution in [2.24, 2.45) is 10.4 Å². The van der Waals surface area contributed by atoms with Crippen LogP contribution in [0.2, 0.25) is 0 Å². The topological polar surface area (TPSA) is 69.9 Å². The van der Waals surface area contributed by atoms with E-state index in [1.807, 2.05) is 19.1 Å². The standard InChI is InChI=1S/C29H37NO3/c1-21(11-16-26-23(3)10-7-18-29(26,4)5)8-6-9-22(2)17-19-30-27(28(32)33)20-24-12-14-25(31)15-13-24/h6,8-9,11-17,19,27,31H,7,10,18,20H2,1-5H3,(H,32,33)/b9-6+,16-11+,21-8+,22-17+,30-19?. The van der Waals surface area contributed by atoms with Gasteiger partial charge in [-0.3, -0.25) is 4.99 Å². The van der Waals surface area contributed by atoms with E-state index in [4.69, 9.17) is 0 Å². The molecule has 2 N–H and O–H groups in total. The van der Waals surface area contributed by atoms with Crippen molar-refractivity contribution in [3.05, 3.63) is 88.6 Å². The Labute approximate surface area is 198 Å². The zero-order valence-corrected chi connectivity index (χ0v) is 20.5. The number of aliphatic carboxylic acids is 1. The molecule has 2 rings (SSSR count). The summed E-state index contributed by atoms with van der Waals surface area (Å²) in [6, 6.07) is 5.65. The largest absolute Gasteiger partial charge is 0.508 e. The number of carboxylic acid groups (broad SMARTS) is 1. The first-order chi connectivity index (χ1) is 15.6. The highest BCUT2D eigenvalue weighted by Gasteiger charge is 2.26. The Bertz CT molecular complexity index is 1000. The van der Waals surface area contributed by atoms with E-state index in [0.717, 1.165) is 11.1 Å². The van der Waals surface area contributed by atoms with Crippen LogP contribution in [0.4, 0.5) is 0 Å². The summed E-state index contributed by atoms with van der Waals surface area (Å²) in [4.78, 5) is 15.7. The number of nitrogens with zero attached hydrogens (tertiary/aromatic N) is 1. The lowest BCUT2D eigenvalue weighted by Gasteiger charge is -2.32. The molecule has 1 aliphatic rings. The van der Waals surface area contributed by atoms with E-state index in [1.165, 1.54) is 36.0 Å². The molecule has 1 atom stereocenters. The summed E-state index contributed by atoms with van der Waals surface area (Å²) in [5.74, 6) is -0.818. The summed E-state index contributed by atoms with van der Waals surface area (Å²) in [7, 11) is 0. The number of phenolic OH excluding ortho intramolecular Hbond substituents is 1. The quantitative estimate of drug-likeness (QED) is 0.316. The van der Waals surface area contributed by atoms with E-state index in [2.05, 4.69) is 50.9 Å². The number of aliphatic imine (C=N–C) groups is 1. The zero-order valence-electron chi connectivity index (χ0n) is 20.5. The molecule has 0 aromatic heterocycles. The van der Waals surface area contributed by atoms with E-state index in [-0.39, 0.29) is 17.6 Å². The average Bonchev–Trinajstić information content (AvgIpc) is 2.73. The molecule has 4 heteroatoms. The first-order valence-corrected chi connectivity index (χ1v) is 11.5. The van der Waals surface area contributed by atoms with Crippen LogP contribution in [-0.2, 0) is 11.2 Å². The Morgan fingerprint density at radius 2 is 1.79 bits per heavy atom. The number of rotatable bonds is 9. The van der Waals surface area contributed by atoms with Crippen molar-refractivity contribution in [2.45, 2.75) is 66.3 Å². The van der Waals surface area contributed by atoms with Gasteiger partial charge in [-0.15, -0.1) is 0 Å². The summed E-state index contributed by atoms with van der Waals surface area (Å²) in [6.45, 7) is 10.9. The fourth-order valence-corrected chi connectivity index (χ4v) is 4.01. The van der Waals surface area contributed by atoms with Crippen molar-refractivity contribution in [2.75, 3.05) is 0 Å². The van der Waals surface area contributed by atoms with Gasteiger partial charge in [0, 0.05) is 12.6 Å². The highest BCUT2D eigenvalue weighted by molar-refractivity contribution is 5.80. The monoisotopic (exact) mass is 447 g/mol. The van der Waals surface area contributed by atoms with Crippen molar-refractivity contribution in [1.29, 1.82) is 0 Å². The van der Waals surface area contributed by atoms with Gasteiger partial charge in [0.15, 0.2) is 6.04 Å². The van der Waals surface area contributed by atoms with Gasteiger partial charge in [0.25, 0.3) is 0 Å². The molecule has 1 unspecified atom stereocenters. The van der Waals surface area contributed by atoms with Gasteiger partial charge >= 0.3 is 5.97 Å². The predicted octanol–water partition coefficient (Wildman–Crippen LogP) is 6.99. The number of benzene rings is 1. The minimum absolute atomic E-state index is 0.157. The van der Waals surface area contributed by atoms with Crippen LogP contribution in [-0.4, -0.2) is 28.4 Å². The lowest BCUT2D eigenvalue weighted by Crippen LogP contribution is -2.20. The third-order valence-electron chi connectivity index (χ3n) is 6.03. The summed E-state index contributed by atoms with van der Waals surface area (Å²) >= 11 is 0. The summed E-state index contributed by atoms with van der Waals surface area (Å²) in [6.07, 6.45) is 17.8. The van der Waals surface area contributed by atoms with E-state index in [9.17, 15) is 15.0 Å². The van der Waals surface area contributed by atoms with Crippen LogP contribution in [0, 0.1) is 5.41 Å². The summed E-state index contributed by atoms with van der Waals surface area (Å²) in [5.41, 5.74) is 6.16. The maximum atomic E-state index is 11.5. The number of hydrogen-bond donors (Lipinski definition) is 2. The Balaban J connectivity index is 1.97. The van der Waals surface area contributed by atoms with Crippen LogP contribution in [0.5, 0.6) is 5.75 Å². The van der Waals surface area contributed by atoms with Gasteiger partial charge in [-0.05, 0) is 80.4 Å². The summed E-state index contributed by atoms with van der Waals surface area (Å²) < 4.78 is 0. The van der Waals surface area contributed by atoms with Crippen LogP contribution >= 0.6 is 0 Å². The third-order valence-corrected chi connectivity index (χ3v) is 6.03. The smallest absolute Gasteiger partial charge is 0.328 e. The highest BCUT2D eigenvalue weighted by Crippen LogP contribution is 2.40. The molecule has 4 nitrogen and oxygen atoms in total. The molecule has 0 fully saturated rings. The van der Waals surface area contributed by atoms with Crippen LogP contribution in [0.25, 0.3) is 0 Å². The van der Waals surface area contributed by atoms with Crippen molar-refractivity contribution < 1.29 is 15.0 Å². The number of carbonyl (C=O) groups is 1. The number of allylic oxidation sites excluding steroid dienone is 10. The second-order valence-electron chi connectivity index (χ2n) is 9.47. The number of carboxylic acids is 1. The van der Waals surface area contributed by atoms with E-state index < -0.39 is 12.0 Å². The molecular formula is C29H37NO3. The molecule has 1 aromatic rings.